The summed E-state index contributed by atoms with van der Waals surface area (Å²) in [6, 6.07) is 13.0. The number of nitrogens with zero attached hydrogens (tertiary/aromatic N) is 2. The van der Waals surface area contributed by atoms with E-state index in [-0.39, 0.29) is 12.5 Å². The minimum atomic E-state index is -0.351. The molecule has 0 bridgehead atoms. The number of benzene rings is 1. The minimum absolute atomic E-state index is 0.148. The molecule has 0 fully saturated rings. The number of allylic oxidation sites excluding steroid dienone is 1. The summed E-state index contributed by atoms with van der Waals surface area (Å²) in [5.74, 6) is -0.351. The predicted octanol–water partition coefficient (Wildman–Crippen LogP) is 2.00. The molecule has 0 aliphatic carbocycles. The van der Waals surface area contributed by atoms with Gasteiger partial charge in [-0.3, -0.25) is 9.78 Å². The van der Waals surface area contributed by atoms with Crippen LogP contribution < -0.4 is 5.43 Å². The first-order chi connectivity index (χ1) is 10.3. The fourth-order valence-electron chi connectivity index (χ4n) is 1.57. The van der Waals surface area contributed by atoms with Crippen molar-refractivity contribution in [2.45, 2.75) is 6.61 Å². The molecule has 0 atom stereocenters. The van der Waals surface area contributed by atoms with Gasteiger partial charge in [0.25, 0.3) is 5.91 Å². The minimum Gasteiger partial charge on any atom is -0.390 e. The topological polar surface area (TPSA) is 74.6 Å². The highest BCUT2D eigenvalue weighted by atomic mass is 16.3. The van der Waals surface area contributed by atoms with Gasteiger partial charge in [-0.05, 0) is 23.8 Å². The molecule has 0 unspecified atom stereocenters. The van der Waals surface area contributed by atoms with E-state index in [1.54, 1.807) is 18.2 Å². The van der Waals surface area contributed by atoms with Gasteiger partial charge in [0.15, 0.2) is 0 Å². The fraction of sp³-hybridized carbons (Fsp3) is 0.0625. The van der Waals surface area contributed by atoms with Crippen LogP contribution in [0.25, 0.3) is 6.08 Å². The zero-order valence-electron chi connectivity index (χ0n) is 11.3. The van der Waals surface area contributed by atoms with Crippen LogP contribution in [0.2, 0.25) is 0 Å². The summed E-state index contributed by atoms with van der Waals surface area (Å²) < 4.78 is 0. The molecule has 0 aliphatic heterocycles. The molecule has 106 valence electrons. The van der Waals surface area contributed by atoms with E-state index >= 15 is 0 Å². The molecule has 2 rings (SSSR count). The first-order valence-corrected chi connectivity index (χ1v) is 6.40. The Kier molecular flexibility index (Phi) is 5.37. The Morgan fingerprint density at radius 3 is 2.71 bits per heavy atom. The van der Waals surface area contributed by atoms with Crippen molar-refractivity contribution in [2.75, 3.05) is 0 Å². The second-order valence-corrected chi connectivity index (χ2v) is 4.19. The van der Waals surface area contributed by atoms with E-state index in [1.165, 1.54) is 12.4 Å². The van der Waals surface area contributed by atoms with Gasteiger partial charge in [-0.25, -0.2) is 5.43 Å². The van der Waals surface area contributed by atoms with Crippen molar-refractivity contribution in [1.29, 1.82) is 0 Å². The molecule has 2 aromatic rings. The number of pyridine rings is 1. The van der Waals surface area contributed by atoms with Crippen LogP contribution in [0.15, 0.2) is 59.8 Å². The van der Waals surface area contributed by atoms with Gasteiger partial charge in [-0.1, -0.05) is 36.4 Å². The monoisotopic (exact) mass is 281 g/mol. The fourth-order valence-corrected chi connectivity index (χ4v) is 1.57. The first kappa shape index (κ1) is 14.6. The van der Waals surface area contributed by atoms with E-state index in [0.717, 1.165) is 5.56 Å². The molecule has 0 aliphatic rings. The van der Waals surface area contributed by atoms with Crippen LogP contribution in [0.5, 0.6) is 0 Å². The maximum Gasteiger partial charge on any atom is 0.272 e. The van der Waals surface area contributed by atoms with Crippen LogP contribution in [0.4, 0.5) is 0 Å². The molecule has 1 aromatic heterocycles. The van der Waals surface area contributed by atoms with E-state index < -0.39 is 0 Å². The molecule has 5 heteroatoms. The van der Waals surface area contributed by atoms with E-state index in [2.05, 4.69) is 15.5 Å². The van der Waals surface area contributed by atoms with Gasteiger partial charge in [-0.2, -0.15) is 5.10 Å². The lowest BCUT2D eigenvalue weighted by Gasteiger charge is -1.99. The van der Waals surface area contributed by atoms with Crippen LogP contribution in [0.1, 0.15) is 21.6 Å². The Labute approximate surface area is 122 Å². The Morgan fingerprint density at radius 2 is 2.05 bits per heavy atom. The van der Waals surface area contributed by atoms with Gasteiger partial charge in [0, 0.05) is 12.4 Å². The van der Waals surface area contributed by atoms with E-state index in [9.17, 15) is 4.79 Å². The van der Waals surface area contributed by atoms with Crippen LogP contribution in [-0.4, -0.2) is 22.2 Å². The summed E-state index contributed by atoms with van der Waals surface area (Å²) in [6.45, 7) is -0.148. The number of aliphatic hydroxyl groups excluding tert-OH is 1. The lowest BCUT2D eigenvalue weighted by atomic mass is 10.2. The van der Waals surface area contributed by atoms with Crippen molar-refractivity contribution in [2.24, 2.45) is 5.10 Å². The number of nitrogens with one attached hydrogen (secondary N) is 1. The molecular formula is C16H15N3O2. The summed E-state index contributed by atoms with van der Waals surface area (Å²) in [6.07, 6.45) is 6.52. The van der Waals surface area contributed by atoms with Crippen LogP contribution in [0, 0.1) is 0 Å². The summed E-state index contributed by atoms with van der Waals surface area (Å²) in [5, 5.41) is 12.7. The summed E-state index contributed by atoms with van der Waals surface area (Å²) in [4.78, 5) is 15.7. The number of aromatic nitrogens is 1. The lowest BCUT2D eigenvalue weighted by Crippen LogP contribution is -2.17. The Bertz CT molecular complexity index is 634. The summed E-state index contributed by atoms with van der Waals surface area (Å²) >= 11 is 0. The quantitative estimate of drug-likeness (QED) is 0.650. The van der Waals surface area contributed by atoms with Gasteiger partial charge in [-0.15, -0.1) is 0 Å². The maximum atomic E-state index is 11.7. The zero-order valence-corrected chi connectivity index (χ0v) is 11.3. The number of hydrogen-bond donors (Lipinski definition) is 2. The van der Waals surface area contributed by atoms with Crippen molar-refractivity contribution in [3.8, 4) is 0 Å². The molecule has 0 saturated carbocycles. The Hall–Kier alpha value is -2.79. The van der Waals surface area contributed by atoms with Crippen LogP contribution in [-0.2, 0) is 6.61 Å². The first-order valence-electron chi connectivity index (χ1n) is 6.40. The van der Waals surface area contributed by atoms with Crippen molar-refractivity contribution < 1.29 is 9.90 Å². The highest BCUT2D eigenvalue weighted by molar-refractivity contribution is 5.94. The predicted molar refractivity (Wildman–Crippen MR) is 81.6 cm³/mol. The molecule has 1 amide bonds. The molecule has 0 radical (unpaired) electrons. The molecule has 1 aromatic carbocycles. The standard InChI is InChI=1S/C16H15N3O2/c20-12-15-9-8-14(11-17-15)16(21)19-18-10-4-7-13-5-2-1-3-6-13/h1-11,20H,12H2,(H,19,21)/b7-4+,18-10+. The number of hydrogen-bond acceptors (Lipinski definition) is 4. The van der Waals surface area contributed by atoms with E-state index in [4.69, 9.17) is 5.11 Å². The van der Waals surface area contributed by atoms with Gasteiger partial charge in [0.05, 0.1) is 17.9 Å². The Morgan fingerprint density at radius 1 is 1.24 bits per heavy atom. The second kappa shape index (κ2) is 7.72. The van der Waals surface area contributed by atoms with Crippen LogP contribution in [0.3, 0.4) is 0 Å². The smallest absolute Gasteiger partial charge is 0.272 e. The number of aliphatic hydroxyl groups is 1. The number of amides is 1. The average molecular weight is 281 g/mol. The highest BCUT2D eigenvalue weighted by Gasteiger charge is 2.03. The average Bonchev–Trinajstić information content (AvgIpc) is 2.55. The lowest BCUT2D eigenvalue weighted by molar-refractivity contribution is 0.0954. The van der Waals surface area contributed by atoms with Crippen LogP contribution >= 0.6 is 0 Å². The molecule has 2 N–H and O–H groups in total. The van der Waals surface area contributed by atoms with E-state index in [0.29, 0.717) is 11.3 Å². The SMILES string of the molecule is O=C(N/N=C/C=C/c1ccccc1)c1ccc(CO)nc1. The van der Waals surface area contributed by atoms with Gasteiger partial charge >= 0.3 is 0 Å². The summed E-state index contributed by atoms with van der Waals surface area (Å²) in [7, 11) is 0. The molecule has 0 spiro atoms. The zero-order chi connectivity index (χ0) is 14.9. The molecule has 21 heavy (non-hydrogen) atoms. The number of hydrazone groups is 1. The van der Waals surface area contributed by atoms with Gasteiger partial charge in [0.2, 0.25) is 0 Å². The third-order valence-electron chi connectivity index (χ3n) is 2.66. The largest absolute Gasteiger partial charge is 0.390 e. The van der Waals surface area contributed by atoms with Crippen molar-refractivity contribution in [3.05, 3.63) is 71.6 Å². The molecule has 5 nitrogen and oxygen atoms in total. The number of carbonyl (C=O) groups excluding carboxylic acids is 1. The molecule has 1 heterocycles. The highest BCUT2D eigenvalue weighted by Crippen LogP contribution is 2.01. The third kappa shape index (κ3) is 4.67. The van der Waals surface area contributed by atoms with Crippen molar-refractivity contribution in [1.82, 2.24) is 10.4 Å². The second-order valence-electron chi connectivity index (χ2n) is 4.19. The Balaban J connectivity index is 1.85. The number of carbonyl (C=O) groups is 1. The molecular weight excluding hydrogens is 266 g/mol. The van der Waals surface area contributed by atoms with Crippen molar-refractivity contribution >= 4 is 18.2 Å². The normalized spacial score (nSPS) is 11.1. The molecule has 0 saturated heterocycles. The van der Waals surface area contributed by atoms with E-state index in [1.807, 2.05) is 36.4 Å². The third-order valence-corrected chi connectivity index (χ3v) is 2.66. The maximum absolute atomic E-state index is 11.7. The van der Waals surface area contributed by atoms with Crippen molar-refractivity contribution in [3.63, 3.8) is 0 Å². The summed E-state index contributed by atoms with van der Waals surface area (Å²) in [5.41, 5.74) is 4.35. The van der Waals surface area contributed by atoms with Gasteiger partial charge < -0.3 is 5.11 Å². The number of rotatable bonds is 5. The van der Waals surface area contributed by atoms with Gasteiger partial charge in [0.1, 0.15) is 0 Å².